The van der Waals surface area contributed by atoms with Crippen LogP contribution in [-0.2, 0) is 0 Å². The van der Waals surface area contributed by atoms with E-state index in [1.165, 1.54) is 0 Å². The summed E-state index contributed by atoms with van der Waals surface area (Å²) in [4.78, 5) is 26.6. The van der Waals surface area contributed by atoms with Crippen molar-refractivity contribution in [3.8, 4) is 0 Å². The number of nitrogens with zero attached hydrogens (tertiary/aromatic N) is 2. The van der Waals surface area contributed by atoms with Gasteiger partial charge in [0, 0.05) is 18.0 Å². The first kappa shape index (κ1) is 16.6. The molecule has 0 saturated carbocycles. The summed E-state index contributed by atoms with van der Waals surface area (Å²) in [6, 6.07) is 5.81. The monoisotopic (exact) mass is 348 g/mol. The molecule has 1 aliphatic rings. The third-order valence-corrected chi connectivity index (χ3v) is 4.98. The molecule has 2 aromatic rings. The molecule has 1 saturated heterocycles. The Morgan fingerprint density at radius 2 is 2.33 bits per heavy atom. The van der Waals surface area contributed by atoms with Crippen molar-refractivity contribution in [1.29, 1.82) is 0 Å². The molecule has 0 aliphatic carbocycles. The smallest absolute Gasteiger partial charge is 0.392 e. The number of urea groups is 1. The average Bonchev–Trinajstić information content (AvgIpc) is 3.03. The van der Waals surface area contributed by atoms with Gasteiger partial charge < -0.3 is 14.6 Å². The second-order valence-corrected chi connectivity index (χ2v) is 6.67. The number of likely N-dealkylation sites (tertiary alicyclic amines) is 1. The molecule has 24 heavy (non-hydrogen) atoms. The number of thioether (sulfide) groups is 1. The van der Waals surface area contributed by atoms with Gasteiger partial charge in [0.25, 0.3) is 0 Å². The molecule has 1 aromatic heterocycles. The molecule has 0 bridgehead atoms. The van der Waals surface area contributed by atoms with Crippen LogP contribution in [0.3, 0.4) is 0 Å². The number of rotatable bonds is 3. The number of hydrogen-bond donors (Lipinski definition) is 2. The summed E-state index contributed by atoms with van der Waals surface area (Å²) in [5.74, 6) is -0.241. The molecule has 0 spiro atoms. The van der Waals surface area contributed by atoms with Crippen LogP contribution in [0.5, 0.6) is 0 Å². The number of hydrogen-bond acceptors (Lipinski definition) is 5. The van der Waals surface area contributed by atoms with Crippen molar-refractivity contribution >= 4 is 23.5 Å². The number of piperidine rings is 1. The van der Waals surface area contributed by atoms with Gasteiger partial charge in [-0.3, -0.25) is 0 Å². The highest BCUT2D eigenvalue weighted by Crippen LogP contribution is 2.30. The number of benzene rings is 1. The van der Waals surface area contributed by atoms with Crippen molar-refractivity contribution in [3.63, 3.8) is 0 Å². The number of para-hydroxylation sites is 1. The zero-order valence-corrected chi connectivity index (χ0v) is 14.5. The van der Waals surface area contributed by atoms with Crippen molar-refractivity contribution in [2.45, 2.75) is 30.6 Å². The number of aromatic amines is 1. The van der Waals surface area contributed by atoms with Crippen molar-refractivity contribution in [2.24, 2.45) is 0 Å². The van der Waals surface area contributed by atoms with Gasteiger partial charge in [-0.05, 0) is 37.7 Å². The first-order chi connectivity index (χ1) is 11.6. The topological polar surface area (TPSA) is 91.2 Å². The lowest BCUT2D eigenvalue weighted by molar-refractivity contribution is 0.186. The molecule has 1 fully saturated rings. The highest BCUT2D eigenvalue weighted by Gasteiger charge is 2.28. The Morgan fingerprint density at radius 1 is 1.50 bits per heavy atom. The fourth-order valence-corrected chi connectivity index (χ4v) is 3.57. The van der Waals surface area contributed by atoms with E-state index in [4.69, 9.17) is 4.42 Å². The minimum atomic E-state index is -0.559. The second kappa shape index (κ2) is 7.12. The van der Waals surface area contributed by atoms with Crippen molar-refractivity contribution in [1.82, 2.24) is 15.1 Å². The van der Waals surface area contributed by atoms with Gasteiger partial charge in [0.05, 0.1) is 11.6 Å². The number of carbonyl (C=O) groups excluding carboxylic acids is 1. The number of amides is 2. The highest BCUT2D eigenvalue weighted by molar-refractivity contribution is 7.98. The predicted molar refractivity (Wildman–Crippen MR) is 92.7 cm³/mol. The normalized spacial score (nSPS) is 17.8. The third kappa shape index (κ3) is 3.48. The molecule has 0 unspecified atom stereocenters. The molecule has 2 heterocycles. The molecule has 2 N–H and O–H groups in total. The Morgan fingerprint density at radius 3 is 3.04 bits per heavy atom. The van der Waals surface area contributed by atoms with Gasteiger partial charge >= 0.3 is 11.8 Å². The van der Waals surface area contributed by atoms with E-state index in [9.17, 15) is 9.59 Å². The van der Waals surface area contributed by atoms with Crippen LogP contribution < -0.4 is 11.1 Å². The van der Waals surface area contributed by atoms with Crippen molar-refractivity contribution in [3.05, 3.63) is 40.2 Å². The van der Waals surface area contributed by atoms with Crippen LogP contribution in [0.15, 0.2) is 32.3 Å². The van der Waals surface area contributed by atoms with Crippen LogP contribution in [0.2, 0.25) is 0 Å². The SMILES string of the molecule is CSc1cccc(C)c1NC(=O)N1CCC[C@@H](c2n[nH]c(=O)o2)C1. The van der Waals surface area contributed by atoms with E-state index >= 15 is 0 Å². The summed E-state index contributed by atoms with van der Waals surface area (Å²) < 4.78 is 5.04. The molecule has 7 nitrogen and oxygen atoms in total. The van der Waals surface area contributed by atoms with Crippen LogP contribution in [0, 0.1) is 6.92 Å². The molecule has 3 rings (SSSR count). The van der Waals surface area contributed by atoms with E-state index in [0.717, 1.165) is 29.0 Å². The lowest BCUT2D eigenvalue weighted by atomic mass is 9.98. The summed E-state index contributed by atoms with van der Waals surface area (Å²) in [7, 11) is 0. The zero-order chi connectivity index (χ0) is 17.1. The number of H-pyrrole nitrogens is 1. The number of anilines is 1. The zero-order valence-electron chi connectivity index (χ0n) is 13.7. The molecule has 128 valence electrons. The maximum absolute atomic E-state index is 12.7. The van der Waals surface area contributed by atoms with E-state index in [1.807, 2.05) is 31.4 Å². The number of aromatic nitrogens is 2. The maximum atomic E-state index is 12.7. The fourth-order valence-electron chi connectivity index (χ4n) is 2.94. The highest BCUT2D eigenvalue weighted by atomic mass is 32.2. The predicted octanol–water partition coefficient (Wildman–Crippen LogP) is 2.80. The molecule has 2 amide bonds. The van der Waals surface area contributed by atoms with Gasteiger partial charge in [0.2, 0.25) is 5.89 Å². The molecule has 1 aromatic carbocycles. The van der Waals surface area contributed by atoms with Gasteiger partial charge in [0.1, 0.15) is 0 Å². The van der Waals surface area contributed by atoms with Crippen LogP contribution in [-0.4, -0.2) is 40.5 Å². The summed E-state index contributed by atoms with van der Waals surface area (Å²) in [5, 5.41) is 9.19. The van der Waals surface area contributed by atoms with Crippen LogP contribution >= 0.6 is 11.8 Å². The van der Waals surface area contributed by atoms with Gasteiger partial charge in [-0.15, -0.1) is 16.9 Å². The lowest BCUT2D eigenvalue weighted by Crippen LogP contribution is -2.41. The Balaban J connectivity index is 1.72. The van der Waals surface area contributed by atoms with Gasteiger partial charge in [-0.25, -0.2) is 14.7 Å². The van der Waals surface area contributed by atoms with Gasteiger partial charge in [-0.1, -0.05) is 12.1 Å². The third-order valence-electron chi connectivity index (χ3n) is 4.20. The second-order valence-electron chi connectivity index (χ2n) is 5.82. The van der Waals surface area contributed by atoms with Crippen molar-refractivity contribution < 1.29 is 9.21 Å². The summed E-state index contributed by atoms with van der Waals surface area (Å²) in [6.07, 6.45) is 3.68. The van der Waals surface area contributed by atoms with E-state index in [0.29, 0.717) is 19.0 Å². The molecule has 0 radical (unpaired) electrons. The first-order valence-electron chi connectivity index (χ1n) is 7.83. The Kier molecular flexibility index (Phi) is 4.94. The maximum Gasteiger partial charge on any atom is 0.434 e. The quantitative estimate of drug-likeness (QED) is 0.832. The Hall–Kier alpha value is -2.22. The van der Waals surface area contributed by atoms with Crippen LogP contribution in [0.4, 0.5) is 10.5 Å². The van der Waals surface area contributed by atoms with E-state index in [2.05, 4.69) is 15.5 Å². The first-order valence-corrected chi connectivity index (χ1v) is 9.06. The Labute approximate surface area is 143 Å². The molecular weight excluding hydrogens is 328 g/mol. The number of aryl methyl sites for hydroxylation is 1. The fraction of sp³-hybridized carbons (Fsp3) is 0.438. The summed E-state index contributed by atoms with van der Waals surface area (Å²) in [5.41, 5.74) is 1.88. The van der Waals surface area contributed by atoms with E-state index < -0.39 is 5.76 Å². The van der Waals surface area contributed by atoms with Crippen LogP contribution in [0.1, 0.15) is 30.2 Å². The average molecular weight is 348 g/mol. The Bertz CT molecular complexity index is 786. The summed E-state index contributed by atoms with van der Waals surface area (Å²) in [6.45, 7) is 3.14. The van der Waals surface area contributed by atoms with Gasteiger partial charge in [0.15, 0.2) is 0 Å². The molecule has 1 aliphatic heterocycles. The molecule has 8 heteroatoms. The lowest BCUT2D eigenvalue weighted by Gasteiger charge is -2.31. The number of nitrogens with one attached hydrogen (secondary N) is 2. The largest absolute Gasteiger partial charge is 0.434 e. The van der Waals surface area contributed by atoms with Gasteiger partial charge in [-0.2, -0.15) is 0 Å². The minimum absolute atomic E-state index is 0.0552. The van der Waals surface area contributed by atoms with Crippen LogP contribution in [0.25, 0.3) is 0 Å². The molecule has 1 atom stereocenters. The number of carbonyl (C=O) groups is 1. The van der Waals surface area contributed by atoms with E-state index in [-0.39, 0.29) is 11.9 Å². The standard InChI is InChI=1S/C16H20N4O3S/c1-10-5-3-7-12(24-2)13(10)17-15(21)20-8-4-6-11(9-20)14-18-19-16(22)23-14/h3,5,7,11H,4,6,8-9H2,1-2H3,(H,17,21)(H,19,22)/t11-/m1/s1. The summed E-state index contributed by atoms with van der Waals surface area (Å²) >= 11 is 1.60. The minimum Gasteiger partial charge on any atom is -0.392 e. The van der Waals surface area contributed by atoms with E-state index in [1.54, 1.807) is 16.7 Å². The van der Waals surface area contributed by atoms with Crippen molar-refractivity contribution in [2.75, 3.05) is 24.7 Å². The molecular formula is C16H20N4O3S.